The van der Waals surface area contributed by atoms with Crippen molar-refractivity contribution in [2.45, 2.75) is 26.4 Å². The largest absolute Gasteiger partial charge is 0.450 e. The number of guanidine groups is 1. The van der Waals surface area contributed by atoms with E-state index in [0.717, 1.165) is 32.0 Å². The molecule has 1 aromatic carbocycles. The smallest absolute Gasteiger partial charge is 0.409 e. The Balaban J connectivity index is 0.00000392. The van der Waals surface area contributed by atoms with Gasteiger partial charge in [0.1, 0.15) is 0 Å². The Morgan fingerprint density at radius 3 is 2.43 bits per heavy atom. The summed E-state index contributed by atoms with van der Waals surface area (Å²) in [6.07, 6.45) is 0.769. The number of hydrogen-bond donors (Lipinski definition) is 1. The van der Waals surface area contributed by atoms with Crippen molar-refractivity contribution in [2.75, 3.05) is 53.0 Å². The van der Waals surface area contributed by atoms with E-state index in [0.29, 0.717) is 26.3 Å². The number of carbonyl (C=O) groups excluding carboxylic acids is 1. The van der Waals surface area contributed by atoms with Crippen molar-refractivity contribution in [3.05, 3.63) is 35.9 Å². The molecule has 1 aliphatic rings. The summed E-state index contributed by atoms with van der Waals surface area (Å²) in [6, 6.07) is 10.2. The molecule has 28 heavy (non-hydrogen) atoms. The Labute approximate surface area is 185 Å². The molecular weight excluding hydrogens is 471 g/mol. The van der Waals surface area contributed by atoms with Gasteiger partial charge in [-0.05, 0) is 25.8 Å². The third-order valence-electron chi connectivity index (χ3n) is 4.56. The number of nitrogens with zero attached hydrogens (tertiary/aromatic N) is 3. The van der Waals surface area contributed by atoms with E-state index in [2.05, 4.69) is 34.3 Å². The van der Waals surface area contributed by atoms with Gasteiger partial charge in [-0.15, -0.1) is 24.0 Å². The van der Waals surface area contributed by atoms with E-state index in [1.807, 2.05) is 25.1 Å². The Bertz CT molecular complexity index is 592. The Hall–Kier alpha value is -1.55. The van der Waals surface area contributed by atoms with Crippen LogP contribution in [0.15, 0.2) is 35.3 Å². The van der Waals surface area contributed by atoms with E-state index >= 15 is 0 Å². The summed E-state index contributed by atoms with van der Waals surface area (Å²) in [5.74, 6) is 0.870. The van der Waals surface area contributed by atoms with E-state index in [9.17, 15) is 4.79 Å². The number of hydrogen-bond acceptors (Lipinski definition) is 4. The second-order valence-electron chi connectivity index (χ2n) is 6.42. The molecule has 0 spiro atoms. The minimum atomic E-state index is -0.232. The lowest BCUT2D eigenvalue weighted by Crippen LogP contribution is -2.54. The average molecular weight is 504 g/mol. The number of ether oxygens (including phenoxy) is 2. The van der Waals surface area contributed by atoms with E-state index in [1.54, 1.807) is 11.9 Å². The summed E-state index contributed by atoms with van der Waals surface area (Å²) >= 11 is 0. The van der Waals surface area contributed by atoms with Gasteiger partial charge in [-0.1, -0.05) is 30.3 Å². The van der Waals surface area contributed by atoms with Gasteiger partial charge in [0.2, 0.25) is 0 Å². The Morgan fingerprint density at radius 1 is 1.18 bits per heavy atom. The van der Waals surface area contributed by atoms with E-state index < -0.39 is 0 Å². The fourth-order valence-corrected chi connectivity index (χ4v) is 3.00. The minimum absolute atomic E-state index is 0. The lowest BCUT2D eigenvalue weighted by Gasteiger charge is -2.35. The van der Waals surface area contributed by atoms with Crippen LogP contribution in [0.2, 0.25) is 0 Å². The second kappa shape index (κ2) is 13.6. The van der Waals surface area contributed by atoms with Crippen LogP contribution in [0.4, 0.5) is 4.79 Å². The van der Waals surface area contributed by atoms with Crippen molar-refractivity contribution >= 4 is 36.0 Å². The van der Waals surface area contributed by atoms with Crippen LogP contribution in [0.25, 0.3) is 0 Å². The van der Waals surface area contributed by atoms with Crippen LogP contribution >= 0.6 is 24.0 Å². The zero-order chi connectivity index (χ0) is 19.5. The van der Waals surface area contributed by atoms with Crippen molar-refractivity contribution in [2.24, 2.45) is 4.99 Å². The fraction of sp³-hybridized carbons (Fsp3) is 0.600. The molecule has 1 unspecified atom stereocenters. The molecular formula is C20H33IN4O3. The molecule has 0 saturated carbocycles. The van der Waals surface area contributed by atoms with Crippen molar-refractivity contribution in [3.63, 3.8) is 0 Å². The van der Waals surface area contributed by atoms with Crippen LogP contribution in [0.3, 0.4) is 0 Å². The summed E-state index contributed by atoms with van der Waals surface area (Å²) in [4.78, 5) is 20.0. The van der Waals surface area contributed by atoms with Gasteiger partial charge < -0.3 is 24.6 Å². The van der Waals surface area contributed by atoms with Crippen LogP contribution in [0, 0.1) is 0 Å². The predicted molar refractivity (Wildman–Crippen MR) is 122 cm³/mol. The van der Waals surface area contributed by atoms with E-state index in [4.69, 9.17) is 9.47 Å². The molecule has 0 aliphatic carbocycles. The average Bonchev–Trinajstić information content (AvgIpc) is 2.71. The Morgan fingerprint density at radius 2 is 1.82 bits per heavy atom. The third-order valence-corrected chi connectivity index (χ3v) is 4.56. The monoisotopic (exact) mass is 504 g/mol. The maximum Gasteiger partial charge on any atom is 0.409 e. The molecule has 1 heterocycles. The summed E-state index contributed by atoms with van der Waals surface area (Å²) in [5.41, 5.74) is 1.20. The number of piperazine rings is 1. The maximum atomic E-state index is 11.8. The van der Waals surface area contributed by atoms with Gasteiger partial charge in [0.15, 0.2) is 5.96 Å². The van der Waals surface area contributed by atoms with Crippen LogP contribution in [0.5, 0.6) is 0 Å². The highest BCUT2D eigenvalue weighted by Gasteiger charge is 2.23. The van der Waals surface area contributed by atoms with Crippen molar-refractivity contribution in [1.29, 1.82) is 0 Å². The number of carbonyl (C=O) groups is 1. The van der Waals surface area contributed by atoms with E-state index in [-0.39, 0.29) is 36.2 Å². The lowest BCUT2D eigenvalue weighted by molar-refractivity contribution is 0.0644. The number of halogens is 1. The molecule has 0 bridgehead atoms. The van der Waals surface area contributed by atoms with Crippen LogP contribution in [0.1, 0.15) is 31.9 Å². The van der Waals surface area contributed by atoms with Gasteiger partial charge >= 0.3 is 6.09 Å². The number of amides is 1. The molecule has 8 heteroatoms. The molecule has 0 aromatic heterocycles. The molecule has 1 aliphatic heterocycles. The molecule has 158 valence electrons. The van der Waals surface area contributed by atoms with Crippen molar-refractivity contribution in [1.82, 2.24) is 15.1 Å². The molecule has 7 nitrogen and oxygen atoms in total. The zero-order valence-electron chi connectivity index (χ0n) is 17.1. The lowest BCUT2D eigenvalue weighted by atomic mass is 10.1. The van der Waals surface area contributed by atoms with Crippen molar-refractivity contribution < 1.29 is 14.3 Å². The summed E-state index contributed by atoms with van der Waals surface area (Å²) in [5, 5.41) is 3.38. The molecule has 1 N–H and O–H groups in total. The van der Waals surface area contributed by atoms with Crippen LogP contribution in [-0.4, -0.2) is 74.8 Å². The first-order valence-electron chi connectivity index (χ1n) is 9.69. The Kier molecular flexibility index (Phi) is 11.9. The van der Waals surface area contributed by atoms with Gasteiger partial charge in [-0.25, -0.2) is 4.79 Å². The van der Waals surface area contributed by atoms with Crippen LogP contribution < -0.4 is 5.32 Å². The molecule has 0 radical (unpaired) electrons. The third kappa shape index (κ3) is 7.83. The minimum Gasteiger partial charge on any atom is -0.450 e. The normalized spacial score (nSPS) is 15.6. The van der Waals surface area contributed by atoms with Crippen LogP contribution in [-0.2, 0) is 9.47 Å². The highest BCUT2D eigenvalue weighted by molar-refractivity contribution is 14.0. The SMILES string of the molecule is CCOC(=O)N1CCN(C(=NC)NCCCOC(C)c2ccccc2)CC1.I. The number of aliphatic imine (C=N–C) groups is 1. The number of nitrogens with one attached hydrogen (secondary N) is 1. The van der Waals surface area contributed by atoms with Gasteiger partial charge in [0.25, 0.3) is 0 Å². The summed E-state index contributed by atoms with van der Waals surface area (Å²) in [7, 11) is 1.79. The van der Waals surface area contributed by atoms with Crippen molar-refractivity contribution in [3.8, 4) is 0 Å². The zero-order valence-corrected chi connectivity index (χ0v) is 19.4. The van der Waals surface area contributed by atoms with Gasteiger partial charge in [0, 0.05) is 46.4 Å². The fourth-order valence-electron chi connectivity index (χ4n) is 3.00. The molecule has 1 amide bonds. The molecule has 1 saturated heterocycles. The summed E-state index contributed by atoms with van der Waals surface area (Å²) < 4.78 is 11.0. The number of rotatable bonds is 7. The number of benzene rings is 1. The standard InChI is InChI=1S/C20H32N4O3.HI/c1-4-26-20(25)24-14-12-23(13-15-24)19(21-3)22-11-8-16-27-17(2)18-9-6-5-7-10-18;/h5-7,9-10,17H,4,8,11-16H2,1-3H3,(H,21,22);1H. The van der Waals surface area contributed by atoms with Gasteiger partial charge in [-0.2, -0.15) is 0 Å². The second-order valence-corrected chi connectivity index (χ2v) is 6.42. The molecule has 1 atom stereocenters. The highest BCUT2D eigenvalue weighted by Crippen LogP contribution is 2.15. The first kappa shape index (κ1) is 24.5. The summed E-state index contributed by atoms with van der Waals surface area (Å²) in [6.45, 7) is 8.60. The van der Waals surface area contributed by atoms with E-state index in [1.165, 1.54) is 5.56 Å². The topological polar surface area (TPSA) is 66.4 Å². The first-order valence-corrected chi connectivity index (χ1v) is 9.69. The molecule has 1 aromatic rings. The van der Waals surface area contributed by atoms with Gasteiger partial charge in [0.05, 0.1) is 12.7 Å². The predicted octanol–water partition coefficient (Wildman–Crippen LogP) is 3.12. The highest BCUT2D eigenvalue weighted by atomic mass is 127. The molecule has 2 rings (SSSR count). The first-order chi connectivity index (χ1) is 13.2. The maximum absolute atomic E-state index is 11.8. The molecule has 1 fully saturated rings. The quantitative estimate of drug-likeness (QED) is 0.268. The van der Waals surface area contributed by atoms with Gasteiger partial charge in [-0.3, -0.25) is 4.99 Å².